The second kappa shape index (κ2) is 5.96. The Morgan fingerprint density at radius 3 is 2.33 bits per heavy atom. The van der Waals surface area contributed by atoms with Crippen molar-refractivity contribution in [1.82, 2.24) is 14.6 Å². The standard InChI is InChI=1S/C13H13BrN4O3/c1-17-10(7-11(19)18(2)13(17)21)15-16-12(20)8-3-5-9(14)6-4-8/h3-7,15H,1-2H3,(H,16,20). The van der Waals surface area contributed by atoms with Crippen molar-refractivity contribution in [2.75, 3.05) is 5.43 Å². The second-order valence-electron chi connectivity index (χ2n) is 4.35. The van der Waals surface area contributed by atoms with Gasteiger partial charge in [-0.1, -0.05) is 15.9 Å². The molecule has 1 aromatic carbocycles. The van der Waals surface area contributed by atoms with Gasteiger partial charge in [0, 0.05) is 30.2 Å². The van der Waals surface area contributed by atoms with Crippen molar-refractivity contribution in [3.8, 4) is 0 Å². The van der Waals surface area contributed by atoms with Gasteiger partial charge in [0.25, 0.3) is 11.5 Å². The minimum atomic E-state index is -0.483. The van der Waals surface area contributed by atoms with Gasteiger partial charge in [-0.15, -0.1) is 0 Å². The van der Waals surface area contributed by atoms with Gasteiger partial charge in [-0.2, -0.15) is 0 Å². The summed E-state index contributed by atoms with van der Waals surface area (Å²) in [6.45, 7) is 0. The Hall–Kier alpha value is -2.35. The Balaban J connectivity index is 2.17. The Bertz CT molecular complexity index is 793. The monoisotopic (exact) mass is 352 g/mol. The predicted molar refractivity (Wildman–Crippen MR) is 82.2 cm³/mol. The quantitative estimate of drug-likeness (QED) is 0.792. The normalized spacial score (nSPS) is 10.2. The number of amides is 1. The van der Waals surface area contributed by atoms with Crippen LogP contribution in [0, 0.1) is 0 Å². The first kappa shape index (κ1) is 15.0. The lowest BCUT2D eigenvalue weighted by molar-refractivity contribution is 0.0962. The molecule has 1 aromatic heterocycles. The molecule has 0 radical (unpaired) electrons. The predicted octanol–water partition coefficient (Wildman–Crippen LogP) is 0.603. The molecule has 21 heavy (non-hydrogen) atoms. The minimum absolute atomic E-state index is 0.202. The maximum atomic E-state index is 11.9. The number of anilines is 1. The van der Waals surface area contributed by atoms with Gasteiger partial charge in [-0.3, -0.25) is 29.6 Å². The van der Waals surface area contributed by atoms with Crippen LogP contribution in [0.1, 0.15) is 10.4 Å². The molecule has 110 valence electrons. The van der Waals surface area contributed by atoms with Gasteiger partial charge in [0.1, 0.15) is 5.82 Å². The number of benzene rings is 1. The first-order valence-corrected chi connectivity index (χ1v) is 6.78. The zero-order chi connectivity index (χ0) is 15.6. The highest BCUT2D eigenvalue weighted by atomic mass is 79.9. The van der Waals surface area contributed by atoms with Gasteiger partial charge >= 0.3 is 5.69 Å². The number of rotatable bonds is 3. The molecule has 7 nitrogen and oxygen atoms in total. The fourth-order valence-electron chi connectivity index (χ4n) is 1.65. The van der Waals surface area contributed by atoms with Crippen molar-refractivity contribution in [3.05, 3.63) is 61.2 Å². The van der Waals surface area contributed by atoms with Crippen LogP contribution in [-0.2, 0) is 14.1 Å². The van der Waals surface area contributed by atoms with Crippen LogP contribution in [0.15, 0.2) is 44.4 Å². The highest BCUT2D eigenvalue weighted by Crippen LogP contribution is 2.10. The smallest absolute Gasteiger partial charge is 0.283 e. The fourth-order valence-corrected chi connectivity index (χ4v) is 1.91. The van der Waals surface area contributed by atoms with Crippen LogP contribution in [0.3, 0.4) is 0 Å². The summed E-state index contributed by atoms with van der Waals surface area (Å²) in [6, 6.07) is 7.99. The van der Waals surface area contributed by atoms with E-state index in [0.717, 1.165) is 9.04 Å². The van der Waals surface area contributed by atoms with E-state index in [2.05, 4.69) is 26.8 Å². The number of halogens is 1. The second-order valence-corrected chi connectivity index (χ2v) is 5.27. The summed E-state index contributed by atoms with van der Waals surface area (Å²) in [5.41, 5.74) is 4.51. The molecule has 0 aliphatic rings. The van der Waals surface area contributed by atoms with Gasteiger partial charge in [-0.25, -0.2) is 4.79 Å². The molecule has 2 N–H and O–H groups in total. The van der Waals surface area contributed by atoms with E-state index in [-0.39, 0.29) is 11.7 Å². The van der Waals surface area contributed by atoms with Gasteiger partial charge in [0.2, 0.25) is 0 Å². The topological polar surface area (TPSA) is 85.1 Å². The van der Waals surface area contributed by atoms with Crippen LogP contribution in [0.5, 0.6) is 0 Å². The molecular weight excluding hydrogens is 340 g/mol. The lowest BCUT2D eigenvalue weighted by Gasteiger charge is -2.12. The fraction of sp³-hybridized carbons (Fsp3) is 0.154. The van der Waals surface area contributed by atoms with E-state index in [9.17, 15) is 14.4 Å². The Labute approximate surface area is 128 Å². The Morgan fingerprint density at radius 1 is 1.10 bits per heavy atom. The summed E-state index contributed by atoms with van der Waals surface area (Å²) in [5, 5.41) is 0. The molecule has 0 aliphatic carbocycles. The summed E-state index contributed by atoms with van der Waals surface area (Å²) >= 11 is 3.28. The van der Waals surface area contributed by atoms with E-state index in [1.165, 1.54) is 24.7 Å². The van der Waals surface area contributed by atoms with Crippen molar-refractivity contribution in [2.45, 2.75) is 0 Å². The van der Waals surface area contributed by atoms with Gasteiger partial charge in [0.05, 0.1) is 0 Å². The van der Waals surface area contributed by atoms with Crippen LogP contribution in [-0.4, -0.2) is 15.0 Å². The van der Waals surface area contributed by atoms with E-state index in [1.54, 1.807) is 24.3 Å². The Kier molecular flexibility index (Phi) is 4.27. The lowest BCUT2D eigenvalue weighted by atomic mass is 10.2. The van der Waals surface area contributed by atoms with Gasteiger partial charge in [0.15, 0.2) is 0 Å². The van der Waals surface area contributed by atoms with Gasteiger partial charge < -0.3 is 0 Å². The van der Waals surface area contributed by atoms with Crippen molar-refractivity contribution < 1.29 is 4.79 Å². The largest absolute Gasteiger partial charge is 0.332 e. The maximum absolute atomic E-state index is 11.9. The number of hydrogen-bond acceptors (Lipinski definition) is 4. The molecular formula is C13H13BrN4O3. The van der Waals surface area contributed by atoms with Crippen molar-refractivity contribution >= 4 is 27.7 Å². The van der Waals surface area contributed by atoms with Crippen LogP contribution in [0.2, 0.25) is 0 Å². The highest BCUT2D eigenvalue weighted by Gasteiger charge is 2.08. The molecule has 1 amide bonds. The summed E-state index contributed by atoms with van der Waals surface area (Å²) in [7, 11) is 2.88. The Morgan fingerprint density at radius 2 is 1.71 bits per heavy atom. The zero-order valence-corrected chi connectivity index (χ0v) is 13.0. The molecule has 0 atom stereocenters. The molecule has 0 saturated heterocycles. The first-order valence-electron chi connectivity index (χ1n) is 5.99. The average molecular weight is 353 g/mol. The molecule has 0 saturated carbocycles. The molecule has 2 rings (SSSR count). The van der Waals surface area contributed by atoms with Crippen molar-refractivity contribution in [2.24, 2.45) is 14.1 Å². The molecule has 1 heterocycles. The van der Waals surface area contributed by atoms with E-state index >= 15 is 0 Å². The number of aromatic nitrogens is 2. The summed E-state index contributed by atoms with van der Waals surface area (Å²) in [6.07, 6.45) is 0. The SMILES string of the molecule is Cn1c(NNC(=O)c2ccc(Br)cc2)cc(=O)n(C)c1=O. The van der Waals surface area contributed by atoms with E-state index in [1.807, 2.05) is 0 Å². The molecule has 8 heteroatoms. The van der Waals surface area contributed by atoms with E-state index in [0.29, 0.717) is 5.56 Å². The number of nitrogens with zero attached hydrogens (tertiary/aromatic N) is 2. The third-order valence-corrected chi connectivity index (χ3v) is 3.47. The maximum Gasteiger partial charge on any atom is 0.332 e. The number of nitrogens with one attached hydrogen (secondary N) is 2. The van der Waals surface area contributed by atoms with Crippen LogP contribution in [0.4, 0.5) is 5.82 Å². The summed E-state index contributed by atoms with van der Waals surface area (Å²) in [5.74, 6) is -0.177. The summed E-state index contributed by atoms with van der Waals surface area (Å²) < 4.78 is 3.06. The van der Waals surface area contributed by atoms with Crippen LogP contribution >= 0.6 is 15.9 Å². The lowest BCUT2D eigenvalue weighted by Crippen LogP contribution is -2.40. The number of hydrazine groups is 1. The van der Waals surface area contributed by atoms with Crippen LogP contribution in [0.25, 0.3) is 0 Å². The molecule has 0 aliphatic heterocycles. The number of carbonyl (C=O) groups is 1. The molecule has 0 spiro atoms. The first-order chi connectivity index (χ1) is 9.90. The molecule has 0 unspecified atom stereocenters. The zero-order valence-electron chi connectivity index (χ0n) is 11.4. The van der Waals surface area contributed by atoms with E-state index in [4.69, 9.17) is 0 Å². The van der Waals surface area contributed by atoms with E-state index < -0.39 is 11.2 Å². The summed E-state index contributed by atoms with van der Waals surface area (Å²) in [4.78, 5) is 35.2. The third kappa shape index (κ3) is 3.22. The van der Waals surface area contributed by atoms with Gasteiger partial charge in [-0.05, 0) is 24.3 Å². The third-order valence-electron chi connectivity index (χ3n) is 2.94. The van der Waals surface area contributed by atoms with Crippen molar-refractivity contribution in [3.63, 3.8) is 0 Å². The van der Waals surface area contributed by atoms with Crippen molar-refractivity contribution in [1.29, 1.82) is 0 Å². The number of carbonyl (C=O) groups excluding carboxylic acids is 1. The highest BCUT2D eigenvalue weighted by molar-refractivity contribution is 9.10. The molecule has 2 aromatic rings. The minimum Gasteiger partial charge on any atom is -0.283 e. The molecule has 0 fully saturated rings. The average Bonchev–Trinajstić information content (AvgIpc) is 2.48. The molecule has 0 bridgehead atoms. The van der Waals surface area contributed by atoms with Crippen LogP contribution < -0.4 is 22.1 Å². The number of hydrogen-bond donors (Lipinski definition) is 2.